The smallest absolute Gasteiger partial charge is 0.410 e. The van der Waals surface area contributed by atoms with Crippen LogP contribution in [0.3, 0.4) is 0 Å². The van der Waals surface area contributed by atoms with Crippen LogP contribution in [0.1, 0.15) is 33.6 Å². The van der Waals surface area contributed by atoms with Crippen molar-refractivity contribution in [2.45, 2.75) is 45.3 Å². The van der Waals surface area contributed by atoms with E-state index < -0.39 is 5.60 Å². The minimum absolute atomic E-state index is 0.00634. The Morgan fingerprint density at radius 2 is 1.79 bits per heavy atom. The first-order valence-electron chi connectivity index (χ1n) is 13.0. The van der Waals surface area contributed by atoms with Gasteiger partial charge in [0, 0.05) is 68.0 Å². The third-order valence-corrected chi connectivity index (χ3v) is 7.14. The number of nitrogens with one attached hydrogen (secondary N) is 1. The summed E-state index contributed by atoms with van der Waals surface area (Å²) < 4.78 is 18.1. The molecular formula is C28H34BrN5O4. The predicted octanol–water partition coefficient (Wildman–Crippen LogP) is 5.75. The first-order valence-corrected chi connectivity index (χ1v) is 13.8. The molecule has 0 unspecified atom stereocenters. The van der Waals surface area contributed by atoms with Crippen LogP contribution in [0, 0.1) is 0 Å². The van der Waals surface area contributed by atoms with Crippen molar-refractivity contribution in [1.82, 2.24) is 14.9 Å². The molecule has 0 aliphatic carbocycles. The summed E-state index contributed by atoms with van der Waals surface area (Å²) in [5.41, 5.74) is 2.40. The molecule has 2 aliphatic heterocycles. The molecule has 0 spiro atoms. The van der Waals surface area contributed by atoms with E-state index in [0.29, 0.717) is 19.0 Å². The van der Waals surface area contributed by atoms with Crippen LogP contribution in [0.4, 0.5) is 22.1 Å². The van der Waals surface area contributed by atoms with Crippen molar-refractivity contribution in [2.75, 3.05) is 49.6 Å². The normalized spacial score (nSPS) is 16.9. The molecule has 3 heterocycles. The van der Waals surface area contributed by atoms with Gasteiger partial charge in [-0.2, -0.15) is 0 Å². The summed E-state index contributed by atoms with van der Waals surface area (Å²) in [6.07, 6.45) is 3.02. The molecule has 0 atom stereocenters. The van der Waals surface area contributed by atoms with Gasteiger partial charge >= 0.3 is 6.09 Å². The number of hydrogen-bond donors (Lipinski definition) is 1. The van der Waals surface area contributed by atoms with E-state index in [-0.39, 0.29) is 12.2 Å². The number of aromatic nitrogens is 2. The predicted molar refractivity (Wildman–Crippen MR) is 151 cm³/mol. The Morgan fingerprint density at radius 1 is 1.08 bits per heavy atom. The first-order chi connectivity index (χ1) is 18.2. The zero-order valence-corrected chi connectivity index (χ0v) is 23.7. The minimum Gasteiger partial charge on any atom is -0.489 e. The number of nitrogens with zero attached hydrogens (tertiary/aromatic N) is 4. The number of anilines is 3. The van der Waals surface area contributed by atoms with Gasteiger partial charge in [0.1, 0.15) is 17.5 Å². The average Bonchev–Trinajstić information content (AvgIpc) is 2.90. The van der Waals surface area contributed by atoms with Crippen LogP contribution < -0.4 is 15.0 Å². The molecule has 2 saturated heterocycles. The second-order valence-electron chi connectivity index (χ2n) is 10.6. The monoisotopic (exact) mass is 583 g/mol. The highest BCUT2D eigenvalue weighted by Gasteiger charge is 2.28. The maximum absolute atomic E-state index is 12.4. The second-order valence-corrected chi connectivity index (χ2v) is 11.4. The number of halogens is 1. The van der Waals surface area contributed by atoms with E-state index in [1.54, 1.807) is 11.1 Å². The number of morpholine rings is 1. The fraction of sp³-hybridized carbons (Fsp3) is 0.464. The SMILES string of the molecule is CC(C)(C)OC(=O)N1CCC(Oc2cc3nc(Nc4ccc(N5CCOCC5)cc4)ncc3cc2Br)CC1. The van der Waals surface area contributed by atoms with Crippen molar-refractivity contribution < 1.29 is 19.0 Å². The number of amides is 1. The maximum atomic E-state index is 12.4. The van der Waals surface area contributed by atoms with E-state index in [2.05, 4.69) is 43.3 Å². The second kappa shape index (κ2) is 11.3. The molecule has 202 valence electrons. The van der Waals surface area contributed by atoms with E-state index >= 15 is 0 Å². The van der Waals surface area contributed by atoms with E-state index in [4.69, 9.17) is 19.2 Å². The van der Waals surface area contributed by atoms with Crippen LogP contribution in [0.25, 0.3) is 10.9 Å². The van der Waals surface area contributed by atoms with Gasteiger partial charge in [0.2, 0.25) is 5.95 Å². The standard InChI is InChI=1S/C28H34BrN5O4/c1-28(2,3)38-27(35)34-10-8-22(9-11-34)37-25-17-24-19(16-23(25)29)18-30-26(32-24)31-20-4-6-21(7-5-20)33-12-14-36-15-13-33/h4-7,16-18,22H,8-15H2,1-3H3,(H,30,31,32). The van der Waals surface area contributed by atoms with Gasteiger partial charge in [0.25, 0.3) is 0 Å². The van der Waals surface area contributed by atoms with Gasteiger partial charge in [-0.05, 0) is 67.0 Å². The Hall–Kier alpha value is -3.11. The molecule has 0 saturated carbocycles. The van der Waals surface area contributed by atoms with Crippen molar-refractivity contribution in [3.8, 4) is 5.75 Å². The molecule has 2 aliphatic rings. The van der Waals surface area contributed by atoms with E-state index in [1.807, 2.05) is 45.0 Å². The topological polar surface area (TPSA) is 89.0 Å². The van der Waals surface area contributed by atoms with Gasteiger partial charge in [-0.3, -0.25) is 0 Å². The fourth-order valence-corrected chi connectivity index (χ4v) is 5.01. The number of fused-ring (bicyclic) bond motifs is 1. The summed E-state index contributed by atoms with van der Waals surface area (Å²) in [4.78, 5) is 25.6. The number of piperidine rings is 1. The molecule has 5 rings (SSSR count). The van der Waals surface area contributed by atoms with Crippen molar-refractivity contribution in [2.24, 2.45) is 0 Å². The summed E-state index contributed by atoms with van der Waals surface area (Å²) in [5.74, 6) is 1.25. The quantitative estimate of drug-likeness (QED) is 0.406. The lowest BCUT2D eigenvalue weighted by molar-refractivity contribution is 0.0126. The molecule has 38 heavy (non-hydrogen) atoms. The molecular weight excluding hydrogens is 550 g/mol. The highest BCUT2D eigenvalue weighted by atomic mass is 79.9. The average molecular weight is 585 g/mol. The van der Waals surface area contributed by atoms with Gasteiger partial charge in [-0.15, -0.1) is 0 Å². The van der Waals surface area contributed by atoms with Gasteiger partial charge < -0.3 is 29.3 Å². The van der Waals surface area contributed by atoms with E-state index in [0.717, 1.165) is 66.0 Å². The lowest BCUT2D eigenvalue weighted by atomic mass is 10.1. The van der Waals surface area contributed by atoms with Crippen LogP contribution in [0.15, 0.2) is 47.1 Å². The van der Waals surface area contributed by atoms with Crippen molar-refractivity contribution >= 4 is 50.2 Å². The van der Waals surface area contributed by atoms with Crippen LogP contribution in [-0.2, 0) is 9.47 Å². The Kier molecular flexibility index (Phi) is 7.90. The minimum atomic E-state index is -0.498. The highest BCUT2D eigenvalue weighted by molar-refractivity contribution is 9.10. The zero-order chi connectivity index (χ0) is 26.7. The van der Waals surface area contributed by atoms with Gasteiger partial charge in [0.05, 0.1) is 23.2 Å². The number of hydrogen-bond acceptors (Lipinski definition) is 8. The van der Waals surface area contributed by atoms with Crippen LogP contribution in [-0.4, -0.2) is 72.1 Å². The third-order valence-electron chi connectivity index (χ3n) is 6.52. The van der Waals surface area contributed by atoms with Crippen molar-refractivity contribution in [1.29, 1.82) is 0 Å². The number of rotatable bonds is 5. The summed E-state index contributed by atoms with van der Waals surface area (Å²) in [7, 11) is 0. The molecule has 1 N–H and O–H groups in total. The molecule has 10 heteroatoms. The van der Waals surface area contributed by atoms with Gasteiger partial charge in [0.15, 0.2) is 0 Å². The Morgan fingerprint density at radius 3 is 2.47 bits per heavy atom. The van der Waals surface area contributed by atoms with Crippen LogP contribution >= 0.6 is 15.9 Å². The largest absolute Gasteiger partial charge is 0.489 e. The molecule has 2 fully saturated rings. The molecule has 1 amide bonds. The lowest BCUT2D eigenvalue weighted by Gasteiger charge is -2.33. The van der Waals surface area contributed by atoms with E-state index in [1.165, 1.54) is 5.69 Å². The zero-order valence-electron chi connectivity index (χ0n) is 22.1. The number of benzene rings is 2. The third kappa shape index (κ3) is 6.66. The summed E-state index contributed by atoms with van der Waals surface area (Å²) in [5, 5.41) is 4.22. The number of carbonyl (C=O) groups is 1. The number of carbonyl (C=O) groups excluding carboxylic acids is 1. The Balaban J connectivity index is 1.22. The number of likely N-dealkylation sites (tertiary alicyclic amines) is 1. The summed E-state index contributed by atoms with van der Waals surface area (Å²) in [6, 6.07) is 12.2. The maximum Gasteiger partial charge on any atom is 0.410 e. The van der Waals surface area contributed by atoms with Crippen molar-refractivity contribution in [3.63, 3.8) is 0 Å². The van der Waals surface area contributed by atoms with E-state index in [9.17, 15) is 4.79 Å². The summed E-state index contributed by atoms with van der Waals surface area (Å²) in [6.45, 7) is 10.2. The van der Waals surface area contributed by atoms with Crippen LogP contribution in [0.5, 0.6) is 5.75 Å². The molecule has 1 aromatic heterocycles. The fourth-order valence-electron chi connectivity index (χ4n) is 4.55. The Bertz CT molecular complexity index is 1270. The highest BCUT2D eigenvalue weighted by Crippen LogP contribution is 2.32. The number of ether oxygens (including phenoxy) is 3. The summed E-state index contributed by atoms with van der Waals surface area (Å²) >= 11 is 3.63. The molecule has 3 aromatic rings. The lowest BCUT2D eigenvalue weighted by Crippen LogP contribution is -2.44. The molecule has 0 radical (unpaired) electrons. The Labute approximate surface area is 231 Å². The van der Waals surface area contributed by atoms with Crippen LogP contribution in [0.2, 0.25) is 0 Å². The van der Waals surface area contributed by atoms with Gasteiger partial charge in [-0.1, -0.05) is 0 Å². The molecule has 0 bridgehead atoms. The molecule has 2 aromatic carbocycles. The van der Waals surface area contributed by atoms with Crippen molar-refractivity contribution in [3.05, 3.63) is 47.1 Å². The van der Waals surface area contributed by atoms with Gasteiger partial charge in [-0.25, -0.2) is 14.8 Å². The first kappa shape index (κ1) is 26.5. The molecule has 9 nitrogen and oxygen atoms in total.